The Bertz CT molecular complexity index is 1600. The molecule has 4 aromatic rings. The van der Waals surface area contributed by atoms with Gasteiger partial charge in [0.05, 0.1) is 35.7 Å². The number of aliphatic carboxylic acids is 1. The number of aryl methyl sites for hydroxylation is 1. The van der Waals surface area contributed by atoms with Gasteiger partial charge in [-0.25, -0.2) is 18.2 Å². The molecule has 0 amide bonds. The lowest BCUT2D eigenvalue weighted by Gasteiger charge is -2.28. The second-order valence-electron chi connectivity index (χ2n) is 11.5. The molecule has 10 heteroatoms. The summed E-state index contributed by atoms with van der Waals surface area (Å²) in [7, 11) is 0. The van der Waals surface area contributed by atoms with Crippen LogP contribution < -0.4 is 9.64 Å². The van der Waals surface area contributed by atoms with Crippen molar-refractivity contribution in [2.24, 2.45) is 5.92 Å². The first kappa shape index (κ1) is 28.1. The van der Waals surface area contributed by atoms with Crippen LogP contribution in [-0.4, -0.2) is 44.6 Å². The first-order valence-corrected chi connectivity index (χ1v) is 14.4. The van der Waals surface area contributed by atoms with Gasteiger partial charge in [0.2, 0.25) is 0 Å². The van der Waals surface area contributed by atoms with E-state index in [1.807, 2.05) is 41.8 Å². The fraction of sp³-hybridized carbons (Fsp3) is 0.406. The van der Waals surface area contributed by atoms with E-state index >= 15 is 4.39 Å². The number of ether oxygens (including phenoxy) is 1. The van der Waals surface area contributed by atoms with Gasteiger partial charge in [-0.05, 0) is 55.7 Å². The van der Waals surface area contributed by atoms with Crippen LogP contribution in [0.1, 0.15) is 60.7 Å². The minimum atomic E-state index is -2.78. The molecule has 0 spiro atoms. The number of anilines is 1. The Hall–Kier alpha value is -4.08. The molecule has 2 aliphatic rings. The van der Waals surface area contributed by atoms with E-state index in [1.165, 1.54) is 11.0 Å². The molecular formula is C32H33F3N4O3. The summed E-state index contributed by atoms with van der Waals surface area (Å²) in [6.07, 6.45) is 4.49. The van der Waals surface area contributed by atoms with Gasteiger partial charge in [-0.3, -0.25) is 9.78 Å². The van der Waals surface area contributed by atoms with Gasteiger partial charge in [0.25, 0.3) is 5.92 Å². The molecule has 1 saturated carbocycles. The fourth-order valence-corrected chi connectivity index (χ4v) is 6.12. The van der Waals surface area contributed by atoms with Crippen molar-refractivity contribution in [1.82, 2.24) is 14.5 Å². The van der Waals surface area contributed by atoms with Crippen molar-refractivity contribution in [3.63, 3.8) is 0 Å². The van der Waals surface area contributed by atoms with Crippen LogP contribution in [0.5, 0.6) is 5.75 Å². The van der Waals surface area contributed by atoms with Crippen molar-refractivity contribution in [3.8, 4) is 5.75 Å². The summed E-state index contributed by atoms with van der Waals surface area (Å²) in [5, 5.41) is 10.00. The Labute approximate surface area is 242 Å². The molecule has 0 bridgehead atoms. The van der Waals surface area contributed by atoms with E-state index in [9.17, 15) is 18.7 Å². The Balaban J connectivity index is 1.35. The first-order chi connectivity index (χ1) is 20.2. The average molecular weight is 579 g/mol. The lowest BCUT2D eigenvalue weighted by Crippen LogP contribution is -2.28. The number of rotatable bonds is 8. The van der Waals surface area contributed by atoms with E-state index in [0.29, 0.717) is 46.7 Å². The molecule has 0 radical (unpaired) electrons. The zero-order valence-corrected chi connectivity index (χ0v) is 23.4. The van der Waals surface area contributed by atoms with Crippen LogP contribution in [-0.2, 0) is 17.9 Å². The summed E-state index contributed by atoms with van der Waals surface area (Å²) in [5.74, 6) is -3.85. The maximum atomic E-state index is 15.5. The fourth-order valence-electron chi connectivity index (χ4n) is 6.12. The first-order valence-electron chi connectivity index (χ1n) is 14.4. The molecule has 3 heterocycles. The number of benzene rings is 2. The SMILES string of the molecule is Cc1ccc(COc2ccc3nc(C4CCCC[C@@H]4C(=O)O)n(Cc4ccc(N5CCC(F)(F)C5)cc4F)c3c2)nc1. The molecule has 1 aliphatic heterocycles. The molecule has 42 heavy (non-hydrogen) atoms. The third-order valence-corrected chi connectivity index (χ3v) is 8.42. The molecule has 2 fully saturated rings. The van der Waals surface area contributed by atoms with Gasteiger partial charge in [-0.1, -0.05) is 25.0 Å². The van der Waals surface area contributed by atoms with Gasteiger partial charge < -0.3 is 19.3 Å². The van der Waals surface area contributed by atoms with Crippen LogP contribution in [0, 0.1) is 18.7 Å². The quantitative estimate of drug-likeness (QED) is 0.250. The molecule has 1 saturated heterocycles. The molecule has 1 unspecified atom stereocenters. The van der Waals surface area contributed by atoms with E-state index in [4.69, 9.17) is 9.72 Å². The van der Waals surface area contributed by atoms with Crippen LogP contribution >= 0.6 is 0 Å². The van der Waals surface area contributed by atoms with Crippen molar-refractivity contribution in [3.05, 3.63) is 83.2 Å². The smallest absolute Gasteiger partial charge is 0.307 e. The number of imidazole rings is 1. The number of hydrogen-bond donors (Lipinski definition) is 1. The van der Waals surface area contributed by atoms with Gasteiger partial charge in [0.15, 0.2) is 0 Å². The maximum absolute atomic E-state index is 15.5. The summed E-state index contributed by atoms with van der Waals surface area (Å²) in [4.78, 5) is 23.0. The Morgan fingerprint density at radius 2 is 1.95 bits per heavy atom. The molecule has 7 nitrogen and oxygen atoms in total. The van der Waals surface area contributed by atoms with Crippen molar-refractivity contribution in [2.45, 2.75) is 64.0 Å². The summed E-state index contributed by atoms with van der Waals surface area (Å²) in [5.41, 5.74) is 3.98. The van der Waals surface area contributed by atoms with Gasteiger partial charge in [-0.15, -0.1) is 0 Å². The lowest BCUT2D eigenvalue weighted by molar-refractivity contribution is -0.143. The number of alkyl halides is 2. The van der Waals surface area contributed by atoms with Crippen LogP contribution in [0.25, 0.3) is 11.0 Å². The molecule has 2 aromatic carbocycles. The Morgan fingerprint density at radius 1 is 1.12 bits per heavy atom. The molecule has 2 aromatic heterocycles. The van der Waals surface area contributed by atoms with E-state index in [1.54, 1.807) is 18.3 Å². The number of carboxylic acid groups (broad SMARTS) is 1. The van der Waals surface area contributed by atoms with Crippen LogP contribution in [0.4, 0.5) is 18.9 Å². The van der Waals surface area contributed by atoms with E-state index in [0.717, 1.165) is 24.1 Å². The molecule has 220 valence electrons. The second-order valence-corrected chi connectivity index (χ2v) is 11.5. The highest BCUT2D eigenvalue weighted by Crippen LogP contribution is 2.40. The molecule has 1 aliphatic carbocycles. The molecule has 6 rings (SSSR count). The Kier molecular flexibility index (Phi) is 7.55. The maximum Gasteiger partial charge on any atom is 0.307 e. The van der Waals surface area contributed by atoms with Gasteiger partial charge in [0.1, 0.15) is 24.0 Å². The largest absolute Gasteiger partial charge is 0.487 e. The summed E-state index contributed by atoms with van der Waals surface area (Å²) in [6.45, 7) is 2.08. The highest BCUT2D eigenvalue weighted by atomic mass is 19.3. The topological polar surface area (TPSA) is 80.5 Å². The van der Waals surface area contributed by atoms with Gasteiger partial charge in [0, 0.05) is 42.4 Å². The highest BCUT2D eigenvalue weighted by molar-refractivity contribution is 5.79. The van der Waals surface area contributed by atoms with Crippen LogP contribution in [0.2, 0.25) is 0 Å². The van der Waals surface area contributed by atoms with Crippen molar-refractivity contribution in [2.75, 3.05) is 18.0 Å². The molecular weight excluding hydrogens is 545 g/mol. The predicted octanol–water partition coefficient (Wildman–Crippen LogP) is 6.71. The van der Waals surface area contributed by atoms with Crippen molar-refractivity contribution in [1.29, 1.82) is 0 Å². The summed E-state index contributed by atoms with van der Waals surface area (Å²) < 4.78 is 51.0. The number of hydrogen-bond acceptors (Lipinski definition) is 5. The van der Waals surface area contributed by atoms with Crippen LogP contribution in [0.15, 0.2) is 54.7 Å². The van der Waals surface area contributed by atoms with Gasteiger partial charge >= 0.3 is 5.97 Å². The molecule has 2 atom stereocenters. The normalized spacial score (nSPS) is 20.2. The van der Waals surface area contributed by atoms with Crippen molar-refractivity contribution < 1.29 is 27.8 Å². The minimum absolute atomic E-state index is 0.111. The lowest BCUT2D eigenvalue weighted by atomic mass is 9.78. The number of fused-ring (bicyclic) bond motifs is 1. The number of pyridine rings is 1. The van der Waals surface area contributed by atoms with Crippen molar-refractivity contribution >= 4 is 22.7 Å². The van der Waals surface area contributed by atoms with Crippen LogP contribution in [0.3, 0.4) is 0 Å². The second kappa shape index (κ2) is 11.3. The summed E-state index contributed by atoms with van der Waals surface area (Å²) >= 11 is 0. The summed E-state index contributed by atoms with van der Waals surface area (Å²) in [6, 6.07) is 14.0. The predicted molar refractivity (Wildman–Crippen MR) is 153 cm³/mol. The van der Waals surface area contributed by atoms with E-state index in [-0.39, 0.29) is 32.0 Å². The third kappa shape index (κ3) is 5.80. The van der Waals surface area contributed by atoms with Gasteiger partial charge in [-0.2, -0.15) is 0 Å². The van der Waals surface area contributed by atoms with E-state index < -0.39 is 30.2 Å². The third-order valence-electron chi connectivity index (χ3n) is 8.42. The Morgan fingerprint density at radius 3 is 2.67 bits per heavy atom. The zero-order chi connectivity index (χ0) is 29.4. The number of carbonyl (C=O) groups is 1. The number of halogens is 3. The number of aromatic nitrogens is 3. The number of nitrogens with zero attached hydrogens (tertiary/aromatic N) is 4. The zero-order valence-electron chi connectivity index (χ0n) is 23.4. The monoisotopic (exact) mass is 578 g/mol. The minimum Gasteiger partial charge on any atom is -0.487 e. The van der Waals surface area contributed by atoms with E-state index in [2.05, 4.69) is 4.98 Å². The standard InChI is InChI=1S/C32H33F3N4O3/c1-20-6-8-22(36-16-20)18-42-24-10-11-28-29(15-24)39(30(37-28)25-4-2-3-5-26(25)31(40)41)17-21-7-9-23(14-27(21)33)38-13-12-32(34,35)19-38/h6-11,14-16,25-26H,2-5,12-13,17-19H2,1H3,(H,40,41)/t25?,26-/m0/s1. The molecule has 1 N–H and O–H groups in total. The number of carboxylic acids is 1. The highest BCUT2D eigenvalue weighted by Gasteiger charge is 2.39. The average Bonchev–Trinajstić information content (AvgIpc) is 3.52.